The molecule has 0 bridgehead atoms. The molecule has 310 valence electrons. The van der Waals surface area contributed by atoms with Crippen LogP contribution in [0.3, 0.4) is 0 Å². The number of unbranched alkanes of at least 4 members (excludes halogenated alkanes) is 15. The normalized spacial score (nSPS) is 15.5. The van der Waals surface area contributed by atoms with Gasteiger partial charge >= 0.3 is 11.9 Å². The summed E-state index contributed by atoms with van der Waals surface area (Å²) in [6, 6.07) is 0. The van der Waals surface area contributed by atoms with Crippen molar-refractivity contribution >= 4 is 11.9 Å². The minimum atomic E-state index is -0.733. The van der Waals surface area contributed by atoms with Gasteiger partial charge in [-0.1, -0.05) is 137 Å². The first-order chi connectivity index (χ1) is 25.0. The van der Waals surface area contributed by atoms with E-state index in [2.05, 4.69) is 46.6 Å². The maximum Gasteiger partial charge on any atom is 0.314 e. The van der Waals surface area contributed by atoms with E-state index in [1.165, 1.54) is 83.5 Å². The second-order valence-corrected chi connectivity index (χ2v) is 16.9. The van der Waals surface area contributed by atoms with Gasteiger partial charge in [0.2, 0.25) is 0 Å². The van der Waals surface area contributed by atoms with Gasteiger partial charge in [-0.3, -0.25) is 9.59 Å². The number of piperidine rings is 1. The van der Waals surface area contributed by atoms with Crippen molar-refractivity contribution in [3.8, 4) is 0 Å². The molecule has 6 heteroatoms. The Hall–Kier alpha value is -1.14. The van der Waals surface area contributed by atoms with Crippen LogP contribution in [0.5, 0.6) is 0 Å². The zero-order chi connectivity index (χ0) is 39.1. The SMILES string of the molecule is CC.CCCCCCCCCC(CCCCCCCCOC(=O)CC(CCCC)CCCCCC)OC(=O)C(C)(C)C(C)(C)OC1CCN(C)CC1. The highest BCUT2D eigenvalue weighted by molar-refractivity contribution is 5.77. The van der Waals surface area contributed by atoms with E-state index in [4.69, 9.17) is 14.2 Å². The van der Waals surface area contributed by atoms with Gasteiger partial charge in [-0.25, -0.2) is 0 Å². The second kappa shape index (κ2) is 32.1. The molecule has 1 rings (SSSR count). The van der Waals surface area contributed by atoms with Crippen LogP contribution in [0.25, 0.3) is 0 Å². The van der Waals surface area contributed by atoms with Crippen molar-refractivity contribution in [2.45, 2.75) is 247 Å². The number of rotatable bonds is 32. The summed E-state index contributed by atoms with van der Waals surface area (Å²) < 4.78 is 18.6. The maximum atomic E-state index is 13.7. The molecule has 1 saturated heterocycles. The van der Waals surface area contributed by atoms with Gasteiger partial charge in [0.15, 0.2) is 0 Å². The van der Waals surface area contributed by atoms with E-state index in [1.807, 2.05) is 27.7 Å². The monoisotopic (exact) mass is 738 g/mol. The van der Waals surface area contributed by atoms with Crippen LogP contribution in [0.4, 0.5) is 0 Å². The lowest BCUT2D eigenvalue weighted by atomic mass is 9.76. The predicted octanol–water partition coefficient (Wildman–Crippen LogP) is 13.4. The third-order valence-corrected chi connectivity index (χ3v) is 11.6. The average molecular weight is 738 g/mol. The summed E-state index contributed by atoms with van der Waals surface area (Å²) in [5.74, 6) is 0.373. The zero-order valence-corrected chi connectivity index (χ0v) is 36.7. The van der Waals surface area contributed by atoms with Crippen LogP contribution < -0.4 is 0 Å². The van der Waals surface area contributed by atoms with Crippen molar-refractivity contribution in [1.82, 2.24) is 4.90 Å². The number of esters is 2. The van der Waals surface area contributed by atoms with Crippen LogP contribution in [-0.4, -0.2) is 61.4 Å². The van der Waals surface area contributed by atoms with Crippen LogP contribution in [0.1, 0.15) is 229 Å². The molecule has 0 N–H and O–H groups in total. The minimum absolute atomic E-state index is 0.00286. The molecule has 0 saturated carbocycles. The Morgan fingerprint density at radius 3 is 1.62 bits per heavy atom. The van der Waals surface area contributed by atoms with Crippen molar-refractivity contribution in [3.63, 3.8) is 0 Å². The minimum Gasteiger partial charge on any atom is -0.466 e. The summed E-state index contributed by atoms with van der Waals surface area (Å²) in [4.78, 5) is 28.6. The van der Waals surface area contributed by atoms with Crippen molar-refractivity contribution in [2.24, 2.45) is 11.3 Å². The van der Waals surface area contributed by atoms with E-state index in [-0.39, 0.29) is 24.1 Å². The number of carbonyl (C=O) groups is 2. The standard InChI is InChI=1S/C44H85NO5.C2H6/c1-9-12-15-17-18-21-25-30-39(49-42(47)43(4,5)44(6,7)50-40-32-34-45(8)35-33-40)31-26-22-19-20-23-27-36-48-41(46)37-38(28-14-11-3)29-24-16-13-10-2;1-2/h38-40H,9-37H2,1-8H3;1-2H3. The maximum absolute atomic E-state index is 13.7. The first-order valence-corrected chi connectivity index (χ1v) is 22.7. The Balaban J connectivity index is 0.0000128. The highest BCUT2D eigenvalue weighted by Crippen LogP contribution is 2.38. The molecule has 6 nitrogen and oxygen atoms in total. The van der Waals surface area contributed by atoms with Crippen LogP contribution >= 0.6 is 0 Å². The summed E-state index contributed by atoms with van der Waals surface area (Å²) in [6.45, 7) is 21.5. The number of ether oxygens (including phenoxy) is 3. The van der Waals surface area contributed by atoms with Crippen LogP contribution in [-0.2, 0) is 23.8 Å². The van der Waals surface area contributed by atoms with E-state index < -0.39 is 11.0 Å². The lowest BCUT2D eigenvalue weighted by Crippen LogP contribution is -2.51. The van der Waals surface area contributed by atoms with Gasteiger partial charge in [-0.15, -0.1) is 0 Å². The Bertz CT molecular complexity index is 835. The molecule has 0 aliphatic carbocycles. The third kappa shape index (κ3) is 24.3. The first kappa shape index (κ1) is 50.9. The van der Waals surface area contributed by atoms with Crippen LogP contribution in [0, 0.1) is 11.3 Å². The fraction of sp³-hybridized carbons (Fsp3) is 0.957. The predicted molar refractivity (Wildman–Crippen MR) is 223 cm³/mol. The van der Waals surface area contributed by atoms with Crippen molar-refractivity contribution in [3.05, 3.63) is 0 Å². The lowest BCUT2D eigenvalue weighted by Gasteiger charge is -2.43. The molecule has 0 aromatic rings. The average Bonchev–Trinajstić information content (AvgIpc) is 3.12. The molecule has 1 fully saturated rings. The number of carbonyl (C=O) groups excluding carboxylic acids is 2. The summed E-state index contributed by atoms with van der Waals surface area (Å²) in [6.07, 6.45) is 29.9. The summed E-state index contributed by atoms with van der Waals surface area (Å²) in [7, 11) is 2.16. The first-order valence-electron chi connectivity index (χ1n) is 22.7. The second-order valence-electron chi connectivity index (χ2n) is 16.9. The van der Waals surface area contributed by atoms with Crippen LogP contribution in [0.2, 0.25) is 0 Å². The van der Waals surface area contributed by atoms with Gasteiger partial charge in [0.1, 0.15) is 6.10 Å². The molecule has 0 spiro atoms. The molecule has 2 unspecified atom stereocenters. The summed E-state index contributed by atoms with van der Waals surface area (Å²) >= 11 is 0. The number of hydrogen-bond donors (Lipinski definition) is 0. The van der Waals surface area contributed by atoms with E-state index in [1.54, 1.807) is 0 Å². The molecule has 2 atom stereocenters. The largest absolute Gasteiger partial charge is 0.466 e. The smallest absolute Gasteiger partial charge is 0.314 e. The Kier molecular flexibility index (Phi) is 31.4. The fourth-order valence-electron chi connectivity index (χ4n) is 7.17. The van der Waals surface area contributed by atoms with Gasteiger partial charge in [-0.2, -0.15) is 0 Å². The zero-order valence-electron chi connectivity index (χ0n) is 36.7. The molecule has 1 heterocycles. The van der Waals surface area contributed by atoms with E-state index in [0.717, 1.165) is 90.1 Å². The molecule has 52 heavy (non-hydrogen) atoms. The van der Waals surface area contributed by atoms with Crippen molar-refractivity contribution in [2.75, 3.05) is 26.7 Å². The fourth-order valence-corrected chi connectivity index (χ4v) is 7.17. The molecular weight excluding hydrogens is 647 g/mol. The quantitative estimate of drug-likeness (QED) is 0.0506. The van der Waals surface area contributed by atoms with Gasteiger partial charge in [0, 0.05) is 19.5 Å². The molecular formula is C46H91NO5. The highest BCUT2D eigenvalue weighted by Gasteiger charge is 2.47. The Morgan fingerprint density at radius 1 is 0.635 bits per heavy atom. The summed E-state index contributed by atoms with van der Waals surface area (Å²) in [5, 5.41) is 0. The van der Waals surface area contributed by atoms with E-state index in [0.29, 0.717) is 18.9 Å². The summed E-state index contributed by atoms with van der Waals surface area (Å²) in [5.41, 5.74) is -1.34. The molecule has 0 aromatic carbocycles. The van der Waals surface area contributed by atoms with Gasteiger partial charge in [0.25, 0.3) is 0 Å². The molecule has 0 radical (unpaired) electrons. The number of nitrogens with zero attached hydrogens (tertiary/aromatic N) is 1. The van der Waals surface area contributed by atoms with E-state index >= 15 is 0 Å². The molecule has 1 aliphatic rings. The van der Waals surface area contributed by atoms with Crippen molar-refractivity contribution in [1.29, 1.82) is 0 Å². The van der Waals surface area contributed by atoms with Crippen LogP contribution in [0.15, 0.2) is 0 Å². The Labute approximate surface area is 325 Å². The van der Waals surface area contributed by atoms with Crippen molar-refractivity contribution < 1.29 is 23.8 Å². The molecule has 0 aromatic heterocycles. The number of likely N-dealkylation sites (tertiary alicyclic amines) is 1. The molecule has 1 aliphatic heterocycles. The van der Waals surface area contributed by atoms with Gasteiger partial charge < -0.3 is 19.1 Å². The Morgan fingerprint density at radius 2 is 1.08 bits per heavy atom. The van der Waals surface area contributed by atoms with E-state index in [9.17, 15) is 9.59 Å². The molecule has 0 amide bonds. The lowest BCUT2D eigenvalue weighted by molar-refractivity contribution is -0.191. The van der Waals surface area contributed by atoms with Gasteiger partial charge in [0.05, 0.1) is 23.7 Å². The topological polar surface area (TPSA) is 65.1 Å². The third-order valence-electron chi connectivity index (χ3n) is 11.6. The number of hydrogen-bond acceptors (Lipinski definition) is 6. The highest BCUT2D eigenvalue weighted by atomic mass is 16.6. The van der Waals surface area contributed by atoms with Gasteiger partial charge in [-0.05, 0) is 98.4 Å².